The Kier molecular flexibility index (Phi) is 6.02. The first kappa shape index (κ1) is 15.2. The van der Waals surface area contributed by atoms with Crippen LogP contribution < -0.4 is 11.1 Å². The Balaban J connectivity index is 2.63. The zero-order valence-electron chi connectivity index (χ0n) is 11.0. The van der Waals surface area contributed by atoms with Gasteiger partial charge >= 0.3 is 5.97 Å². The fraction of sp³-hybridized carbons (Fsp3) is 0.429. The van der Waals surface area contributed by atoms with Crippen molar-refractivity contribution in [2.45, 2.75) is 38.3 Å². The molecule has 0 aliphatic rings. The van der Waals surface area contributed by atoms with Crippen LogP contribution >= 0.6 is 0 Å². The highest BCUT2D eigenvalue weighted by Gasteiger charge is 2.20. The Labute approximate surface area is 112 Å². The fourth-order valence-corrected chi connectivity index (χ4v) is 1.89. The maximum absolute atomic E-state index is 12.0. The van der Waals surface area contributed by atoms with Crippen LogP contribution in [-0.2, 0) is 9.59 Å². The Hall–Kier alpha value is -1.88. The maximum atomic E-state index is 12.0. The second-order valence-electron chi connectivity index (χ2n) is 4.48. The van der Waals surface area contributed by atoms with Gasteiger partial charge in [-0.2, -0.15) is 0 Å². The number of carbonyl (C=O) groups excluding carboxylic acids is 1. The lowest BCUT2D eigenvalue weighted by Gasteiger charge is -2.19. The van der Waals surface area contributed by atoms with Gasteiger partial charge < -0.3 is 16.2 Å². The highest BCUT2D eigenvalue weighted by molar-refractivity contribution is 5.83. The summed E-state index contributed by atoms with van der Waals surface area (Å²) in [5.74, 6) is -1.27. The number of nitrogens with one attached hydrogen (secondary N) is 1. The van der Waals surface area contributed by atoms with Crippen LogP contribution in [0.15, 0.2) is 30.3 Å². The van der Waals surface area contributed by atoms with Gasteiger partial charge in [-0.3, -0.25) is 9.59 Å². The third-order valence-electron chi connectivity index (χ3n) is 2.85. The van der Waals surface area contributed by atoms with Gasteiger partial charge in [0.1, 0.15) is 6.04 Å². The molecule has 2 atom stereocenters. The number of carboxylic acid groups (broad SMARTS) is 1. The van der Waals surface area contributed by atoms with Crippen LogP contribution in [-0.4, -0.2) is 23.0 Å². The van der Waals surface area contributed by atoms with Gasteiger partial charge in [-0.15, -0.1) is 0 Å². The summed E-state index contributed by atoms with van der Waals surface area (Å²) in [7, 11) is 0. The molecule has 0 saturated heterocycles. The lowest BCUT2D eigenvalue weighted by Crippen LogP contribution is -2.41. The summed E-state index contributed by atoms with van der Waals surface area (Å²) in [4.78, 5) is 22.7. The van der Waals surface area contributed by atoms with E-state index in [-0.39, 0.29) is 18.4 Å². The van der Waals surface area contributed by atoms with Gasteiger partial charge in [-0.05, 0) is 12.0 Å². The predicted octanol–water partition coefficient (Wildman–Crippen LogP) is 1.45. The summed E-state index contributed by atoms with van der Waals surface area (Å²) in [6.45, 7) is 1.94. The Bertz CT molecular complexity index is 420. The number of hydrogen-bond donors (Lipinski definition) is 3. The number of amides is 1. The molecule has 1 amide bonds. The first-order valence-electron chi connectivity index (χ1n) is 6.37. The number of nitrogens with two attached hydrogens (primary N) is 1. The van der Waals surface area contributed by atoms with Crippen molar-refractivity contribution in [1.29, 1.82) is 0 Å². The lowest BCUT2D eigenvalue weighted by molar-refractivity contribution is -0.137. The van der Waals surface area contributed by atoms with Crippen molar-refractivity contribution in [1.82, 2.24) is 5.32 Å². The third kappa shape index (κ3) is 5.09. The van der Waals surface area contributed by atoms with Gasteiger partial charge in [0, 0.05) is 6.04 Å². The molecule has 0 bridgehead atoms. The van der Waals surface area contributed by atoms with E-state index in [1.54, 1.807) is 12.1 Å². The number of hydrogen-bond acceptors (Lipinski definition) is 3. The van der Waals surface area contributed by atoms with Crippen molar-refractivity contribution in [3.63, 3.8) is 0 Å². The fourth-order valence-electron chi connectivity index (χ4n) is 1.89. The van der Waals surface area contributed by atoms with E-state index >= 15 is 0 Å². The first-order valence-corrected chi connectivity index (χ1v) is 6.37. The molecule has 19 heavy (non-hydrogen) atoms. The van der Waals surface area contributed by atoms with Crippen molar-refractivity contribution >= 4 is 11.9 Å². The van der Waals surface area contributed by atoms with Gasteiger partial charge in [0.2, 0.25) is 5.91 Å². The molecule has 0 aliphatic carbocycles. The van der Waals surface area contributed by atoms with Gasteiger partial charge in [-0.1, -0.05) is 43.7 Å². The summed E-state index contributed by atoms with van der Waals surface area (Å²) in [6, 6.07) is 7.87. The summed E-state index contributed by atoms with van der Waals surface area (Å²) in [6.07, 6.45) is 1.35. The molecule has 0 radical (unpaired) electrons. The second kappa shape index (κ2) is 7.53. The molecule has 1 rings (SSSR count). The van der Waals surface area contributed by atoms with Gasteiger partial charge in [0.25, 0.3) is 0 Å². The molecule has 1 unspecified atom stereocenters. The number of benzene rings is 1. The molecule has 0 saturated carbocycles. The molecule has 0 aromatic heterocycles. The van der Waals surface area contributed by atoms with E-state index in [9.17, 15) is 9.59 Å². The number of carbonyl (C=O) groups is 2. The average molecular weight is 264 g/mol. The average Bonchev–Trinajstić information content (AvgIpc) is 2.38. The normalized spacial score (nSPS) is 13.6. The molecule has 0 aliphatic heterocycles. The van der Waals surface area contributed by atoms with E-state index < -0.39 is 12.0 Å². The quantitative estimate of drug-likeness (QED) is 0.695. The molecule has 1 aromatic rings. The predicted molar refractivity (Wildman–Crippen MR) is 72.5 cm³/mol. The molecule has 5 heteroatoms. The smallest absolute Gasteiger partial charge is 0.305 e. The minimum Gasteiger partial charge on any atom is -0.481 e. The van der Waals surface area contributed by atoms with Crippen LogP contribution in [0.3, 0.4) is 0 Å². The van der Waals surface area contributed by atoms with E-state index in [0.717, 1.165) is 6.42 Å². The van der Waals surface area contributed by atoms with Crippen molar-refractivity contribution < 1.29 is 14.7 Å². The monoisotopic (exact) mass is 264 g/mol. The van der Waals surface area contributed by atoms with Crippen molar-refractivity contribution in [3.05, 3.63) is 35.9 Å². The van der Waals surface area contributed by atoms with E-state index in [1.165, 1.54) is 0 Å². The molecule has 104 valence electrons. The summed E-state index contributed by atoms with van der Waals surface area (Å²) >= 11 is 0. The third-order valence-corrected chi connectivity index (χ3v) is 2.85. The molecule has 1 aromatic carbocycles. The Morgan fingerprint density at radius 2 is 1.95 bits per heavy atom. The lowest BCUT2D eigenvalue weighted by atomic mass is 10.0. The van der Waals surface area contributed by atoms with Crippen LogP contribution in [0.25, 0.3) is 0 Å². The number of aliphatic carboxylic acids is 1. The molecular formula is C14H20N2O3. The van der Waals surface area contributed by atoms with E-state index in [1.807, 2.05) is 25.1 Å². The highest BCUT2D eigenvalue weighted by atomic mass is 16.4. The molecule has 0 spiro atoms. The summed E-state index contributed by atoms with van der Waals surface area (Å²) in [5, 5.41) is 11.5. The SMILES string of the molecule is CCCC(CC(=O)O)NC(=O)[C@@H](N)c1ccccc1. The molecular weight excluding hydrogens is 244 g/mol. The second-order valence-corrected chi connectivity index (χ2v) is 4.48. The summed E-state index contributed by atoms with van der Waals surface area (Å²) < 4.78 is 0. The zero-order valence-corrected chi connectivity index (χ0v) is 11.0. The van der Waals surface area contributed by atoms with E-state index in [4.69, 9.17) is 10.8 Å². The Morgan fingerprint density at radius 3 is 2.47 bits per heavy atom. The van der Waals surface area contributed by atoms with Crippen molar-refractivity contribution in [2.75, 3.05) is 0 Å². The summed E-state index contributed by atoms with van der Waals surface area (Å²) in [5.41, 5.74) is 6.57. The largest absolute Gasteiger partial charge is 0.481 e. The van der Waals surface area contributed by atoms with Crippen molar-refractivity contribution in [2.24, 2.45) is 5.73 Å². The van der Waals surface area contributed by atoms with E-state index in [0.29, 0.717) is 12.0 Å². The highest BCUT2D eigenvalue weighted by Crippen LogP contribution is 2.11. The standard InChI is InChI=1S/C14H20N2O3/c1-2-6-11(9-12(17)18)16-14(19)13(15)10-7-4-3-5-8-10/h3-5,7-8,11,13H,2,6,9,15H2,1H3,(H,16,19)(H,17,18)/t11?,13-/m0/s1. The van der Waals surface area contributed by atoms with Gasteiger partial charge in [-0.25, -0.2) is 0 Å². The molecule has 4 N–H and O–H groups in total. The maximum Gasteiger partial charge on any atom is 0.305 e. The van der Waals surface area contributed by atoms with Crippen molar-refractivity contribution in [3.8, 4) is 0 Å². The molecule has 5 nitrogen and oxygen atoms in total. The molecule has 0 fully saturated rings. The van der Waals surface area contributed by atoms with E-state index in [2.05, 4.69) is 5.32 Å². The van der Waals surface area contributed by atoms with Crippen LogP contribution in [0.2, 0.25) is 0 Å². The minimum absolute atomic E-state index is 0.0823. The van der Waals surface area contributed by atoms with Gasteiger partial charge in [0.15, 0.2) is 0 Å². The first-order chi connectivity index (χ1) is 9.04. The topological polar surface area (TPSA) is 92.4 Å². The number of carboxylic acids is 1. The minimum atomic E-state index is -0.924. The van der Waals surface area contributed by atoms with Crippen LogP contribution in [0, 0.1) is 0 Å². The number of rotatable bonds is 7. The van der Waals surface area contributed by atoms with Crippen LogP contribution in [0.5, 0.6) is 0 Å². The Morgan fingerprint density at radius 1 is 1.32 bits per heavy atom. The zero-order chi connectivity index (χ0) is 14.3. The van der Waals surface area contributed by atoms with Crippen LogP contribution in [0.1, 0.15) is 37.8 Å². The molecule has 0 heterocycles. The van der Waals surface area contributed by atoms with Crippen LogP contribution in [0.4, 0.5) is 0 Å². The van der Waals surface area contributed by atoms with Gasteiger partial charge in [0.05, 0.1) is 6.42 Å².